The van der Waals surface area contributed by atoms with Gasteiger partial charge in [-0.1, -0.05) is 90.1 Å². The van der Waals surface area contributed by atoms with Crippen LogP contribution >= 0.6 is 0 Å². The molecule has 138 valence electrons. The molecule has 0 unspecified atom stereocenters. The molecule has 0 heteroatoms. The molecule has 0 aromatic heterocycles. The summed E-state index contributed by atoms with van der Waals surface area (Å²) in [4.78, 5) is 0. The first-order chi connectivity index (χ1) is 12.0. The number of benzene rings is 2. The van der Waals surface area contributed by atoms with Crippen LogP contribution in [-0.2, 0) is 10.8 Å². The van der Waals surface area contributed by atoms with Crippen molar-refractivity contribution < 1.29 is 0 Å². The fraction of sp³-hybridized carbons (Fsp3) is 0.462. The Bertz CT molecular complexity index is 829. The zero-order chi connectivity index (χ0) is 19.3. The molecule has 26 heavy (non-hydrogen) atoms. The molecule has 0 radical (unpaired) electrons. The summed E-state index contributed by atoms with van der Waals surface area (Å²) in [5.74, 6) is 0.485. The van der Waals surface area contributed by atoms with Crippen molar-refractivity contribution in [1.82, 2.24) is 0 Å². The summed E-state index contributed by atoms with van der Waals surface area (Å²) < 4.78 is 0. The normalized spacial score (nSPS) is 17.8. The molecule has 0 aliphatic heterocycles. The van der Waals surface area contributed by atoms with Crippen molar-refractivity contribution in [2.24, 2.45) is 0 Å². The van der Waals surface area contributed by atoms with E-state index >= 15 is 0 Å². The molecule has 0 bridgehead atoms. The van der Waals surface area contributed by atoms with Crippen LogP contribution in [0.25, 0.3) is 5.57 Å². The van der Waals surface area contributed by atoms with Gasteiger partial charge >= 0.3 is 0 Å². The van der Waals surface area contributed by atoms with Crippen LogP contribution in [0.1, 0.15) is 93.7 Å². The minimum absolute atomic E-state index is 0.225. The second-order valence-corrected chi connectivity index (χ2v) is 9.75. The van der Waals surface area contributed by atoms with E-state index in [-0.39, 0.29) is 10.8 Å². The Morgan fingerprint density at radius 1 is 0.885 bits per heavy atom. The van der Waals surface area contributed by atoms with Crippen LogP contribution in [0.2, 0.25) is 0 Å². The van der Waals surface area contributed by atoms with Gasteiger partial charge in [0.15, 0.2) is 0 Å². The zero-order valence-electron chi connectivity index (χ0n) is 17.7. The lowest BCUT2D eigenvalue weighted by molar-refractivity contribution is 0.331. The molecule has 1 aliphatic rings. The maximum atomic E-state index is 4.50. The largest absolute Gasteiger partial charge is 0.0905 e. The fourth-order valence-electron chi connectivity index (χ4n) is 4.28. The number of aryl methyl sites for hydroxylation is 1. The molecule has 0 N–H and O–H groups in total. The van der Waals surface area contributed by atoms with Crippen molar-refractivity contribution in [2.75, 3.05) is 0 Å². The summed E-state index contributed by atoms with van der Waals surface area (Å²) in [6.45, 7) is 20.8. The molecule has 0 amide bonds. The Labute approximate surface area is 160 Å². The van der Waals surface area contributed by atoms with Crippen LogP contribution in [0, 0.1) is 6.92 Å². The van der Waals surface area contributed by atoms with Gasteiger partial charge in [0.05, 0.1) is 0 Å². The third-order valence-corrected chi connectivity index (χ3v) is 6.37. The summed E-state index contributed by atoms with van der Waals surface area (Å²) in [7, 11) is 0. The van der Waals surface area contributed by atoms with Gasteiger partial charge in [-0.25, -0.2) is 0 Å². The van der Waals surface area contributed by atoms with Crippen LogP contribution in [0.15, 0.2) is 43.0 Å². The monoisotopic (exact) mass is 346 g/mol. The SMILES string of the molecule is C=C(c1ccc(C)cc1)c1cc2c(cc1C(C)C)C(C)(C)CCC2(C)C. The Morgan fingerprint density at radius 3 is 1.88 bits per heavy atom. The third kappa shape index (κ3) is 3.27. The maximum absolute atomic E-state index is 4.50. The first-order valence-corrected chi connectivity index (χ1v) is 9.98. The molecule has 0 fully saturated rings. The number of rotatable bonds is 3. The smallest absolute Gasteiger partial charge is 0.0100 e. The van der Waals surface area contributed by atoms with E-state index in [0.717, 1.165) is 5.57 Å². The first kappa shape index (κ1) is 19.0. The predicted octanol–water partition coefficient (Wildman–Crippen LogP) is 7.53. The lowest BCUT2D eigenvalue weighted by Crippen LogP contribution is -2.34. The average Bonchev–Trinajstić information content (AvgIpc) is 2.58. The van der Waals surface area contributed by atoms with E-state index in [0.29, 0.717) is 5.92 Å². The highest BCUT2D eigenvalue weighted by atomic mass is 14.4. The Hall–Kier alpha value is -1.82. The topological polar surface area (TPSA) is 0 Å². The lowest BCUT2D eigenvalue weighted by atomic mass is 9.62. The van der Waals surface area contributed by atoms with Crippen LogP contribution < -0.4 is 0 Å². The highest BCUT2D eigenvalue weighted by molar-refractivity contribution is 5.81. The molecular formula is C26H34. The van der Waals surface area contributed by atoms with Crippen molar-refractivity contribution in [3.05, 3.63) is 76.4 Å². The molecule has 2 aromatic carbocycles. The maximum Gasteiger partial charge on any atom is -0.0100 e. The number of hydrogen-bond donors (Lipinski definition) is 0. The summed E-state index contributed by atoms with van der Waals surface area (Å²) >= 11 is 0. The highest BCUT2D eigenvalue weighted by Crippen LogP contribution is 2.48. The van der Waals surface area contributed by atoms with Gasteiger partial charge in [-0.2, -0.15) is 0 Å². The van der Waals surface area contributed by atoms with E-state index in [1.165, 1.54) is 46.2 Å². The molecule has 0 saturated heterocycles. The zero-order valence-corrected chi connectivity index (χ0v) is 17.7. The van der Waals surface area contributed by atoms with Crippen molar-refractivity contribution in [1.29, 1.82) is 0 Å². The Balaban J connectivity index is 2.22. The van der Waals surface area contributed by atoms with Gasteiger partial charge < -0.3 is 0 Å². The molecule has 0 nitrogen and oxygen atoms in total. The Morgan fingerprint density at radius 2 is 1.38 bits per heavy atom. The van der Waals surface area contributed by atoms with Gasteiger partial charge in [-0.05, 0) is 69.9 Å². The first-order valence-electron chi connectivity index (χ1n) is 9.98. The van der Waals surface area contributed by atoms with Gasteiger partial charge in [0.1, 0.15) is 0 Å². The highest BCUT2D eigenvalue weighted by Gasteiger charge is 2.38. The molecule has 0 atom stereocenters. The molecule has 2 aromatic rings. The average molecular weight is 347 g/mol. The molecule has 0 heterocycles. The van der Waals surface area contributed by atoms with E-state index in [1.54, 1.807) is 0 Å². The van der Waals surface area contributed by atoms with Crippen LogP contribution in [0.4, 0.5) is 0 Å². The Kier molecular flexibility index (Phi) is 4.67. The lowest BCUT2D eigenvalue weighted by Gasteiger charge is -2.43. The van der Waals surface area contributed by atoms with Crippen molar-refractivity contribution in [3.8, 4) is 0 Å². The second kappa shape index (κ2) is 6.41. The molecular weight excluding hydrogens is 312 g/mol. The second-order valence-electron chi connectivity index (χ2n) is 9.75. The summed E-state index contributed by atoms with van der Waals surface area (Å²) in [5, 5.41) is 0. The van der Waals surface area contributed by atoms with Gasteiger partial charge in [0, 0.05) is 0 Å². The summed E-state index contributed by atoms with van der Waals surface area (Å²) in [6.07, 6.45) is 2.49. The molecule has 0 spiro atoms. The standard InChI is InChI=1S/C26H34/c1-17(2)21-15-23-24(26(7,8)14-13-25(23,5)6)16-22(21)19(4)20-11-9-18(3)10-12-20/h9-12,15-17H,4,13-14H2,1-3,5-8H3. The minimum atomic E-state index is 0.225. The molecule has 1 aliphatic carbocycles. The quantitative estimate of drug-likeness (QED) is 0.539. The molecule has 0 saturated carbocycles. The summed E-state index contributed by atoms with van der Waals surface area (Å²) in [6, 6.07) is 13.7. The van der Waals surface area contributed by atoms with Gasteiger partial charge in [-0.15, -0.1) is 0 Å². The van der Waals surface area contributed by atoms with E-state index in [2.05, 4.69) is 91.4 Å². The van der Waals surface area contributed by atoms with Crippen molar-refractivity contribution in [3.63, 3.8) is 0 Å². The van der Waals surface area contributed by atoms with E-state index < -0.39 is 0 Å². The van der Waals surface area contributed by atoms with E-state index in [1.807, 2.05) is 0 Å². The third-order valence-electron chi connectivity index (χ3n) is 6.37. The number of fused-ring (bicyclic) bond motifs is 1. The van der Waals surface area contributed by atoms with Crippen LogP contribution in [-0.4, -0.2) is 0 Å². The van der Waals surface area contributed by atoms with Gasteiger partial charge in [0.2, 0.25) is 0 Å². The molecule has 3 rings (SSSR count). The summed E-state index contributed by atoms with van der Waals surface area (Å²) in [5.41, 5.74) is 9.95. The minimum Gasteiger partial charge on any atom is -0.0905 e. The van der Waals surface area contributed by atoms with Crippen molar-refractivity contribution >= 4 is 5.57 Å². The predicted molar refractivity (Wildman–Crippen MR) is 115 cm³/mol. The van der Waals surface area contributed by atoms with E-state index in [4.69, 9.17) is 0 Å². The number of hydrogen-bond acceptors (Lipinski definition) is 0. The van der Waals surface area contributed by atoms with Crippen molar-refractivity contribution in [2.45, 2.75) is 78.1 Å². The van der Waals surface area contributed by atoms with Crippen LogP contribution in [0.5, 0.6) is 0 Å². The van der Waals surface area contributed by atoms with Gasteiger partial charge in [-0.3, -0.25) is 0 Å². The van der Waals surface area contributed by atoms with E-state index in [9.17, 15) is 0 Å². The van der Waals surface area contributed by atoms with Gasteiger partial charge in [0.25, 0.3) is 0 Å². The van der Waals surface area contributed by atoms with Crippen LogP contribution in [0.3, 0.4) is 0 Å². The fourth-order valence-corrected chi connectivity index (χ4v) is 4.28.